The van der Waals surface area contributed by atoms with Gasteiger partial charge in [-0.2, -0.15) is 0 Å². The van der Waals surface area contributed by atoms with Gasteiger partial charge in [0.25, 0.3) is 0 Å². The van der Waals surface area contributed by atoms with Gasteiger partial charge in [0.1, 0.15) is 30.7 Å². The Morgan fingerprint density at radius 1 is 0.976 bits per heavy atom. The molecular formula is C30H46F3NO7. The van der Waals surface area contributed by atoms with Gasteiger partial charge in [-0.15, -0.1) is 13.2 Å². The molecular weight excluding hydrogens is 543 g/mol. The van der Waals surface area contributed by atoms with Gasteiger partial charge in [0.2, 0.25) is 11.7 Å². The Bertz CT molecular complexity index is 928. The summed E-state index contributed by atoms with van der Waals surface area (Å²) in [5, 5.41) is 13.6. The van der Waals surface area contributed by atoms with Crippen LogP contribution in [0.3, 0.4) is 0 Å². The van der Waals surface area contributed by atoms with E-state index in [0.29, 0.717) is 12.2 Å². The third-order valence-corrected chi connectivity index (χ3v) is 7.27. The molecule has 0 bridgehead atoms. The van der Waals surface area contributed by atoms with Gasteiger partial charge in [-0.25, -0.2) is 0 Å². The van der Waals surface area contributed by atoms with E-state index in [0.717, 1.165) is 25.0 Å². The Morgan fingerprint density at radius 2 is 1.59 bits per heavy atom. The normalized spacial score (nSPS) is 25.3. The molecule has 234 valence electrons. The summed E-state index contributed by atoms with van der Waals surface area (Å²) in [7, 11) is 0. The molecule has 0 aromatic heterocycles. The van der Waals surface area contributed by atoms with Crippen molar-refractivity contribution in [3.63, 3.8) is 0 Å². The molecule has 1 aromatic carbocycles. The van der Waals surface area contributed by atoms with E-state index in [1.807, 2.05) is 0 Å². The molecule has 2 saturated heterocycles. The van der Waals surface area contributed by atoms with E-state index < -0.39 is 36.2 Å². The second-order valence-corrected chi connectivity index (χ2v) is 11.4. The largest absolute Gasteiger partial charge is 0.573 e. The van der Waals surface area contributed by atoms with Crippen LogP contribution in [0.5, 0.6) is 5.75 Å². The molecule has 0 spiro atoms. The van der Waals surface area contributed by atoms with Crippen LogP contribution in [0, 0.1) is 0 Å². The van der Waals surface area contributed by atoms with Crippen molar-refractivity contribution in [2.75, 3.05) is 19.8 Å². The van der Waals surface area contributed by atoms with Crippen LogP contribution in [0.15, 0.2) is 24.3 Å². The van der Waals surface area contributed by atoms with Gasteiger partial charge in [-0.1, -0.05) is 76.8 Å². The van der Waals surface area contributed by atoms with E-state index >= 15 is 0 Å². The van der Waals surface area contributed by atoms with Crippen LogP contribution < -0.4 is 10.1 Å². The number of rotatable bonds is 18. The van der Waals surface area contributed by atoms with Crippen molar-refractivity contribution in [3.8, 4) is 5.75 Å². The zero-order valence-electron chi connectivity index (χ0n) is 24.5. The molecule has 4 atom stereocenters. The Balaban J connectivity index is 1.39. The first kappa shape index (κ1) is 33.6. The standard InChI is InChI=1S/C30H46F3NO7/c1-4-5-6-7-8-9-10-11-12-13-18-37-21-29-27(40-28(2,3)41-29)26(36)24(39-29)20-34-25(35)19-22-14-16-23(17-15-22)38-30(31,32)33/h14-17,24,26-27,36H,4-13,18-21H2,1-3H3,(H,34,35)/t24-,26+,27-,29-/m0/s1. The molecule has 2 aliphatic rings. The lowest BCUT2D eigenvalue weighted by Gasteiger charge is -2.28. The quantitative estimate of drug-likeness (QED) is 0.209. The maximum absolute atomic E-state index is 12.5. The van der Waals surface area contributed by atoms with Crippen molar-refractivity contribution in [1.82, 2.24) is 5.32 Å². The summed E-state index contributed by atoms with van der Waals surface area (Å²) in [6.45, 7) is 6.35. The van der Waals surface area contributed by atoms with Crippen molar-refractivity contribution in [3.05, 3.63) is 29.8 Å². The third kappa shape index (κ3) is 11.0. The van der Waals surface area contributed by atoms with Crippen molar-refractivity contribution in [1.29, 1.82) is 0 Å². The van der Waals surface area contributed by atoms with Crippen LogP contribution in [0.25, 0.3) is 0 Å². The van der Waals surface area contributed by atoms with Crippen LogP contribution in [0.4, 0.5) is 13.2 Å². The second kappa shape index (κ2) is 15.5. The molecule has 11 heteroatoms. The van der Waals surface area contributed by atoms with Gasteiger partial charge in [-0.3, -0.25) is 4.79 Å². The average molecular weight is 590 g/mol. The molecule has 0 aliphatic carbocycles. The lowest BCUT2D eigenvalue weighted by molar-refractivity contribution is -0.277. The highest BCUT2D eigenvalue weighted by molar-refractivity contribution is 5.78. The van der Waals surface area contributed by atoms with Gasteiger partial charge < -0.3 is 34.1 Å². The van der Waals surface area contributed by atoms with E-state index in [1.165, 1.54) is 63.5 Å². The molecule has 1 amide bonds. The average Bonchev–Trinajstić information content (AvgIpc) is 3.30. The summed E-state index contributed by atoms with van der Waals surface area (Å²) < 4.78 is 64.9. The molecule has 2 aliphatic heterocycles. The van der Waals surface area contributed by atoms with Crippen LogP contribution in [-0.2, 0) is 30.2 Å². The topological polar surface area (TPSA) is 95.5 Å². The van der Waals surface area contributed by atoms with Crippen LogP contribution in [-0.4, -0.2) is 67.0 Å². The predicted octanol–water partition coefficient (Wildman–Crippen LogP) is 5.79. The number of carbonyl (C=O) groups is 1. The van der Waals surface area contributed by atoms with E-state index in [2.05, 4.69) is 17.0 Å². The molecule has 0 saturated carbocycles. The van der Waals surface area contributed by atoms with E-state index in [1.54, 1.807) is 13.8 Å². The summed E-state index contributed by atoms with van der Waals surface area (Å²) in [6, 6.07) is 5.07. The number of nitrogens with one attached hydrogen (secondary N) is 1. The van der Waals surface area contributed by atoms with Gasteiger partial charge in [0.05, 0.1) is 6.42 Å². The second-order valence-electron chi connectivity index (χ2n) is 11.4. The molecule has 0 unspecified atom stereocenters. The van der Waals surface area contributed by atoms with Crippen LogP contribution in [0.2, 0.25) is 0 Å². The number of alkyl halides is 3. The predicted molar refractivity (Wildman–Crippen MR) is 146 cm³/mol. The number of hydrogen-bond donors (Lipinski definition) is 2. The number of amides is 1. The number of ether oxygens (including phenoxy) is 5. The van der Waals surface area contributed by atoms with Gasteiger partial charge in [0.15, 0.2) is 5.79 Å². The van der Waals surface area contributed by atoms with Crippen LogP contribution in [0.1, 0.15) is 90.5 Å². The fraction of sp³-hybridized carbons (Fsp3) is 0.767. The highest BCUT2D eigenvalue weighted by Gasteiger charge is 2.64. The van der Waals surface area contributed by atoms with Gasteiger partial charge >= 0.3 is 6.36 Å². The van der Waals surface area contributed by atoms with Crippen molar-refractivity contribution < 1.29 is 46.8 Å². The molecule has 41 heavy (non-hydrogen) atoms. The molecule has 1 aromatic rings. The summed E-state index contributed by atoms with van der Waals surface area (Å²) in [4.78, 5) is 12.5. The number of carbonyl (C=O) groups excluding carboxylic acids is 1. The van der Waals surface area contributed by atoms with Gasteiger partial charge in [-0.05, 0) is 38.0 Å². The molecule has 2 heterocycles. The first-order chi connectivity index (χ1) is 19.4. The molecule has 2 N–H and O–H groups in total. The SMILES string of the molecule is CCCCCCCCCCCCOC[C@@]12O[C@@H](CNC(=O)Cc3ccc(OC(F)(F)F)cc3)[C@@H](O)[C@@H]1OC(C)(C)O2. The molecule has 2 fully saturated rings. The number of aliphatic hydroxyl groups excluding tert-OH is 1. The minimum Gasteiger partial charge on any atom is -0.406 e. The van der Waals surface area contributed by atoms with Crippen molar-refractivity contribution in [2.45, 2.75) is 128 Å². The minimum absolute atomic E-state index is 0.000882. The Hall–Kier alpha value is -1.92. The number of aliphatic hydroxyl groups is 1. The third-order valence-electron chi connectivity index (χ3n) is 7.27. The van der Waals surface area contributed by atoms with E-state index in [9.17, 15) is 23.1 Å². The first-order valence-corrected chi connectivity index (χ1v) is 14.9. The number of benzene rings is 1. The van der Waals surface area contributed by atoms with Crippen molar-refractivity contribution in [2.24, 2.45) is 0 Å². The van der Waals surface area contributed by atoms with E-state index in [4.69, 9.17) is 18.9 Å². The number of fused-ring (bicyclic) bond motifs is 1. The monoisotopic (exact) mass is 589 g/mol. The summed E-state index contributed by atoms with van der Waals surface area (Å²) in [5.74, 6) is -3.00. The Kier molecular flexibility index (Phi) is 12.7. The molecule has 8 nitrogen and oxygen atoms in total. The number of unbranched alkanes of at least 4 members (excludes halogenated alkanes) is 9. The van der Waals surface area contributed by atoms with Crippen LogP contribution >= 0.6 is 0 Å². The van der Waals surface area contributed by atoms with E-state index in [-0.39, 0.29) is 31.2 Å². The molecule has 3 rings (SSSR count). The number of hydrogen-bond acceptors (Lipinski definition) is 7. The maximum Gasteiger partial charge on any atom is 0.573 e. The first-order valence-electron chi connectivity index (χ1n) is 14.9. The summed E-state index contributed by atoms with van der Waals surface area (Å²) in [5.41, 5.74) is 0.507. The lowest BCUT2D eigenvalue weighted by atomic mass is 10.1. The summed E-state index contributed by atoms with van der Waals surface area (Å²) in [6.07, 6.45) is 4.80. The Labute approximate surface area is 241 Å². The highest BCUT2D eigenvalue weighted by Crippen LogP contribution is 2.45. The minimum atomic E-state index is -4.78. The summed E-state index contributed by atoms with van der Waals surface area (Å²) >= 11 is 0. The fourth-order valence-electron chi connectivity index (χ4n) is 5.32. The maximum atomic E-state index is 12.5. The highest BCUT2D eigenvalue weighted by atomic mass is 19.4. The Morgan fingerprint density at radius 3 is 2.20 bits per heavy atom. The zero-order chi connectivity index (χ0) is 29.9. The smallest absolute Gasteiger partial charge is 0.406 e. The zero-order valence-corrected chi connectivity index (χ0v) is 24.5. The van der Waals surface area contributed by atoms with Crippen molar-refractivity contribution >= 4 is 5.91 Å². The van der Waals surface area contributed by atoms with Gasteiger partial charge in [0, 0.05) is 13.2 Å². The number of halogens is 3. The molecule has 0 radical (unpaired) electrons. The fourth-order valence-corrected chi connectivity index (χ4v) is 5.32. The lowest BCUT2D eigenvalue weighted by Crippen LogP contribution is -2.45.